The van der Waals surface area contributed by atoms with E-state index in [2.05, 4.69) is 13.2 Å². The third kappa shape index (κ3) is 3.26. The highest BCUT2D eigenvalue weighted by Crippen LogP contribution is 2.39. The predicted molar refractivity (Wildman–Crippen MR) is 90.7 cm³/mol. The van der Waals surface area contributed by atoms with Crippen LogP contribution in [0.5, 0.6) is 0 Å². The number of ketones is 1. The van der Waals surface area contributed by atoms with Crippen LogP contribution in [0.15, 0.2) is 48.4 Å². The van der Waals surface area contributed by atoms with E-state index in [0.717, 1.165) is 30.9 Å². The van der Waals surface area contributed by atoms with Gasteiger partial charge in [0, 0.05) is 29.8 Å². The maximum atomic E-state index is 14.2. The minimum Gasteiger partial charge on any atom is -0.297 e. The fourth-order valence-corrected chi connectivity index (χ4v) is 4.30. The van der Waals surface area contributed by atoms with Gasteiger partial charge in [0.15, 0.2) is 5.78 Å². The summed E-state index contributed by atoms with van der Waals surface area (Å²) in [6, 6.07) is -0.624. The molecule has 0 aromatic carbocycles. The quantitative estimate of drug-likeness (QED) is 0.700. The molecule has 0 aromatic rings. The van der Waals surface area contributed by atoms with Crippen LogP contribution in [-0.4, -0.2) is 40.2 Å². The van der Waals surface area contributed by atoms with Crippen LogP contribution in [0.25, 0.3) is 0 Å². The van der Waals surface area contributed by atoms with E-state index in [-0.39, 0.29) is 22.1 Å². The zero-order chi connectivity index (χ0) is 16.6. The van der Waals surface area contributed by atoms with Crippen LogP contribution < -0.4 is 0 Å². The minimum absolute atomic E-state index is 0.0267. The Morgan fingerprint density at radius 2 is 2.09 bits per heavy atom. The smallest absolute Gasteiger partial charge is 0.212 e. The van der Waals surface area contributed by atoms with Crippen molar-refractivity contribution in [1.82, 2.24) is 4.90 Å². The number of carbonyl (C=O) groups is 2. The van der Waals surface area contributed by atoms with E-state index in [0.29, 0.717) is 18.7 Å². The molecular weight excluding hydrogens is 313 g/mol. The SMILES string of the molecule is C=C/C(F)=C(\C=C)C(C(=O)C1CC1)N1CCC2SC(=O)C=C2C1. The van der Waals surface area contributed by atoms with E-state index >= 15 is 0 Å². The molecule has 0 spiro atoms. The Labute approximate surface area is 140 Å². The van der Waals surface area contributed by atoms with Gasteiger partial charge in [0.1, 0.15) is 5.83 Å². The predicted octanol–water partition coefficient (Wildman–Crippen LogP) is 3.20. The third-order valence-corrected chi connectivity index (χ3v) is 5.80. The maximum absolute atomic E-state index is 14.2. The van der Waals surface area contributed by atoms with Crippen molar-refractivity contribution in [2.45, 2.75) is 30.6 Å². The largest absolute Gasteiger partial charge is 0.297 e. The average molecular weight is 333 g/mol. The number of hydrogen-bond acceptors (Lipinski definition) is 4. The normalized spacial score (nSPS) is 26.9. The highest BCUT2D eigenvalue weighted by atomic mass is 32.2. The van der Waals surface area contributed by atoms with Gasteiger partial charge in [-0.2, -0.15) is 0 Å². The van der Waals surface area contributed by atoms with E-state index in [1.54, 1.807) is 6.08 Å². The molecule has 0 N–H and O–H groups in total. The molecular formula is C18H20FNO2S. The molecule has 0 amide bonds. The summed E-state index contributed by atoms with van der Waals surface area (Å²) in [5.41, 5.74) is 1.34. The van der Waals surface area contributed by atoms with Gasteiger partial charge in [0.2, 0.25) is 5.12 Å². The van der Waals surface area contributed by atoms with Crippen molar-refractivity contribution in [3.63, 3.8) is 0 Å². The number of halogens is 1. The first kappa shape index (κ1) is 16.4. The van der Waals surface area contributed by atoms with Crippen molar-refractivity contribution < 1.29 is 14.0 Å². The van der Waals surface area contributed by atoms with Gasteiger partial charge < -0.3 is 0 Å². The Morgan fingerprint density at radius 3 is 2.70 bits per heavy atom. The Morgan fingerprint density at radius 1 is 1.35 bits per heavy atom. The van der Waals surface area contributed by atoms with Crippen molar-refractivity contribution in [2.24, 2.45) is 5.92 Å². The molecule has 2 aliphatic heterocycles. The molecule has 1 aliphatic carbocycles. The van der Waals surface area contributed by atoms with Gasteiger partial charge in [-0.3, -0.25) is 14.5 Å². The molecule has 2 heterocycles. The number of piperidine rings is 1. The lowest BCUT2D eigenvalue weighted by molar-refractivity contribution is -0.124. The topological polar surface area (TPSA) is 37.4 Å². The van der Waals surface area contributed by atoms with Crippen LogP contribution in [0, 0.1) is 5.92 Å². The van der Waals surface area contributed by atoms with E-state index < -0.39 is 11.9 Å². The lowest BCUT2D eigenvalue weighted by atomic mass is 9.93. The first-order chi connectivity index (χ1) is 11.0. The summed E-state index contributed by atoms with van der Waals surface area (Å²) in [4.78, 5) is 26.3. The molecule has 2 unspecified atom stereocenters. The summed E-state index contributed by atoms with van der Waals surface area (Å²) >= 11 is 1.35. The second-order valence-corrected chi connectivity index (χ2v) is 7.40. The molecule has 2 atom stereocenters. The van der Waals surface area contributed by atoms with Crippen LogP contribution in [0.1, 0.15) is 19.3 Å². The van der Waals surface area contributed by atoms with Crippen molar-refractivity contribution >= 4 is 22.7 Å². The molecule has 0 radical (unpaired) electrons. The van der Waals surface area contributed by atoms with E-state index in [1.807, 2.05) is 4.90 Å². The molecule has 0 aromatic heterocycles. The summed E-state index contributed by atoms with van der Waals surface area (Å²) in [6.45, 7) is 8.37. The van der Waals surface area contributed by atoms with Gasteiger partial charge in [0.25, 0.3) is 0 Å². The molecule has 1 saturated carbocycles. The van der Waals surface area contributed by atoms with E-state index in [9.17, 15) is 14.0 Å². The molecule has 0 bridgehead atoms. The third-order valence-electron chi connectivity index (χ3n) is 4.62. The number of Topliss-reactive ketones (excluding diaryl/α,β-unsaturated/α-hetero) is 1. The monoisotopic (exact) mass is 333 g/mol. The second kappa shape index (κ2) is 6.57. The van der Waals surface area contributed by atoms with Gasteiger partial charge in [0.05, 0.1) is 6.04 Å². The number of allylic oxidation sites excluding steroid dienone is 2. The van der Waals surface area contributed by atoms with Gasteiger partial charge in [-0.15, -0.1) is 0 Å². The van der Waals surface area contributed by atoms with Crippen LogP contribution >= 0.6 is 11.8 Å². The molecule has 3 nitrogen and oxygen atoms in total. The van der Waals surface area contributed by atoms with E-state index in [4.69, 9.17) is 0 Å². The van der Waals surface area contributed by atoms with Gasteiger partial charge in [-0.1, -0.05) is 31.0 Å². The summed E-state index contributed by atoms with van der Waals surface area (Å²) in [6.07, 6.45) is 6.78. The molecule has 3 aliphatic rings. The average Bonchev–Trinajstić information content (AvgIpc) is 3.32. The van der Waals surface area contributed by atoms with Gasteiger partial charge in [-0.25, -0.2) is 4.39 Å². The highest BCUT2D eigenvalue weighted by Gasteiger charge is 2.42. The van der Waals surface area contributed by atoms with Crippen LogP contribution in [0.4, 0.5) is 4.39 Å². The Kier molecular flexibility index (Phi) is 4.69. The number of rotatable bonds is 6. The minimum atomic E-state index is -0.624. The molecule has 5 heteroatoms. The summed E-state index contributed by atoms with van der Waals surface area (Å²) in [5.74, 6) is -0.404. The first-order valence-electron chi connectivity index (χ1n) is 7.88. The number of nitrogens with zero attached hydrogens (tertiary/aromatic N) is 1. The maximum Gasteiger partial charge on any atom is 0.212 e. The number of fused-ring (bicyclic) bond motifs is 1. The Balaban J connectivity index is 1.90. The fraction of sp³-hybridized carbons (Fsp3) is 0.444. The van der Waals surface area contributed by atoms with Crippen molar-refractivity contribution in [1.29, 1.82) is 0 Å². The summed E-state index contributed by atoms with van der Waals surface area (Å²) in [7, 11) is 0. The fourth-order valence-electron chi connectivity index (χ4n) is 3.28. The number of thioether (sulfide) groups is 1. The zero-order valence-corrected chi connectivity index (χ0v) is 13.8. The van der Waals surface area contributed by atoms with Gasteiger partial charge in [-0.05, 0) is 37.0 Å². The molecule has 2 fully saturated rings. The summed E-state index contributed by atoms with van der Waals surface area (Å²) in [5, 5.41) is 0.296. The second-order valence-electron chi connectivity index (χ2n) is 6.19. The first-order valence-corrected chi connectivity index (χ1v) is 8.76. The van der Waals surface area contributed by atoms with E-state index in [1.165, 1.54) is 17.8 Å². The van der Waals surface area contributed by atoms with Gasteiger partial charge >= 0.3 is 0 Å². The Hall–Kier alpha value is -1.46. The number of hydrogen-bond donors (Lipinski definition) is 0. The van der Waals surface area contributed by atoms with Crippen LogP contribution in [0.2, 0.25) is 0 Å². The lowest BCUT2D eigenvalue weighted by Crippen LogP contribution is -2.48. The van der Waals surface area contributed by atoms with Crippen molar-refractivity contribution in [3.8, 4) is 0 Å². The standard InChI is InChI=1S/C18H20FNO2S/c1-3-13(14(19)4-2)17(18(22)11-5-6-11)20-8-7-15-12(10-20)9-16(21)23-15/h3-4,9,11,15,17H,1-2,5-8,10H2/b14-13-. The lowest BCUT2D eigenvalue weighted by Gasteiger charge is -2.37. The zero-order valence-electron chi connectivity index (χ0n) is 13.0. The number of carbonyl (C=O) groups excluding carboxylic acids is 2. The number of likely N-dealkylation sites (tertiary alicyclic amines) is 1. The molecule has 23 heavy (non-hydrogen) atoms. The van der Waals surface area contributed by atoms with Crippen LogP contribution in [0.3, 0.4) is 0 Å². The molecule has 122 valence electrons. The van der Waals surface area contributed by atoms with Crippen molar-refractivity contribution in [3.05, 3.63) is 48.4 Å². The summed E-state index contributed by atoms with van der Waals surface area (Å²) < 4.78 is 14.2. The molecule has 3 rings (SSSR count). The van der Waals surface area contributed by atoms with Crippen LogP contribution in [-0.2, 0) is 9.59 Å². The highest BCUT2D eigenvalue weighted by molar-refractivity contribution is 8.15. The molecule has 1 saturated heterocycles. The van der Waals surface area contributed by atoms with Crippen molar-refractivity contribution in [2.75, 3.05) is 13.1 Å². The Bertz CT molecular complexity index is 633.